The molecule has 1 saturated heterocycles. The number of carbonyl (C=O) groups excluding carboxylic acids is 2. The molecule has 136 valence electrons. The first-order valence-corrected chi connectivity index (χ1v) is 8.83. The summed E-state index contributed by atoms with van der Waals surface area (Å²) in [6.07, 6.45) is 4.61. The van der Waals surface area contributed by atoms with Crippen LogP contribution >= 0.6 is 0 Å². The van der Waals surface area contributed by atoms with Gasteiger partial charge in [0, 0.05) is 39.1 Å². The molecule has 0 unspecified atom stereocenters. The van der Waals surface area contributed by atoms with Crippen molar-refractivity contribution in [1.82, 2.24) is 20.1 Å². The van der Waals surface area contributed by atoms with Gasteiger partial charge >= 0.3 is 0 Å². The second-order valence-corrected chi connectivity index (χ2v) is 7.14. The third-order valence-electron chi connectivity index (χ3n) is 5.02. The first kappa shape index (κ1) is 17.8. The number of likely N-dealkylation sites (tertiary alicyclic amines) is 1. The van der Waals surface area contributed by atoms with Crippen LogP contribution in [0.15, 0.2) is 12.3 Å². The molecule has 2 atom stereocenters. The summed E-state index contributed by atoms with van der Waals surface area (Å²) in [6.45, 7) is 1.34. The van der Waals surface area contributed by atoms with Gasteiger partial charge in [0.15, 0.2) is 0 Å². The van der Waals surface area contributed by atoms with E-state index < -0.39 is 6.10 Å². The Balaban J connectivity index is 1.55. The first-order valence-electron chi connectivity index (χ1n) is 8.83. The van der Waals surface area contributed by atoms with Crippen molar-refractivity contribution in [3.05, 3.63) is 29.1 Å². The molecule has 2 aliphatic rings. The SMILES string of the molecule is CN(C)C(=O)CN1CC[C@@H](NC(=O)c2cnc3c(c2)CCC3)[C@H](O)C1. The van der Waals surface area contributed by atoms with Gasteiger partial charge in [-0.1, -0.05) is 0 Å². The lowest BCUT2D eigenvalue weighted by Gasteiger charge is -2.36. The largest absolute Gasteiger partial charge is 0.390 e. The van der Waals surface area contributed by atoms with Gasteiger partial charge in [-0.2, -0.15) is 0 Å². The summed E-state index contributed by atoms with van der Waals surface area (Å²) >= 11 is 0. The van der Waals surface area contributed by atoms with Crippen LogP contribution in [0.25, 0.3) is 0 Å². The van der Waals surface area contributed by atoms with E-state index in [1.165, 1.54) is 0 Å². The molecule has 0 bridgehead atoms. The van der Waals surface area contributed by atoms with Gasteiger partial charge in [-0.25, -0.2) is 0 Å². The minimum atomic E-state index is -0.685. The predicted molar refractivity (Wildman–Crippen MR) is 93.3 cm³/mol. The highest BCUT2D eigenvalue weighted by molar-refractivity contribution is 5.94. The minimum Gasteiger partial charge on any atom is -0.390 e. The van der Waals surface area contributed by atoms with Crippen molar-refractivity contribution >= 4 is 11.8 Å². The first-order chi connectivity index (χ1) is 11.9. The quantitative estimate of drug-likeness (QED) is 0.790. The Morgan fingerprint density at radius 2 is 2.20 bits per heavy atom. The minimum absolute atomic E-state index is 0.0129. The Hall–Kier alpha value is -1.99. The number of rotatable bonds is 4. The van der Waals surface area contributed by atoms with Crippen molar-refractivity contribution in [3.63, 3.8) is 0 Å². The van der Waals surface area contributed by atoms with Crippen molar-refractivity contribution in [3.8, 4) is 0 Å². The molecule has 2 amide bonds. The van der Waals surface area contributed by atoms with Gasteiger partial charge in [-0.3, -0.25) is 19.5 Å². The Labute approximate surface area is 148 Å². The van der Waals surface area contributed by atoms with E-state index in [0.29, 0.717) is 31.6 Å². The number of likely N-dealkylation sites (N-methyl/N-ethyl adjacent to an activating group) is 1. The molecule has 1 aromatic heterocycles. The van der Waals surface area contributed by atoms with Gasteiger partial charge in [0.1, 0.15) is 0 Å². The highest BCUT2D eigenvalue weighted by Crippen LogP contribution is 2.20. The Morgan fingerprint density at radius 1 is 1.40 bits per heavy atom. The second kappa shape index (κ2) is 7.49. The number of amides is 2. The van der Waals surface area contributed by atoms with E-state index in [9.17, 15) is 14.7 Å². The molecular weight excluding hydrogens is 320 g/mol. The average Bonchev–Trinajstić information content (AvgIpc) is 3.04. The maximum atomic E-state index is 12.5. The van der Waals surface area contributed by atoms with E-state index in [1.807, 2.05) is 11.0 Å². The predicted octanol–water partition coefficient (Wildman–Crippen LogP) is -0.176. The van der Waals surface area contributed by atoms with Gasteiger partial charge in [0.05, 0.1) is 24.3 Å². The number of aliphatic hydroxyl groups excluding tert-OH is 1. The van der Waals surface area contributed by atoms with Crippen LogP contribution in [-0.2, 0) is 17.6 Å². The Bertz CT molecular complexity index is 662. The number of carbonyl (C=O) groups is 2. The number of hydrogen-bond acceptors (Lipinski definition) is 5. The molecule has 25 heavy (non-hydrogen) atoms. The molecule has 1 aromatic rings. The molecule has 0 spiro atoms. The second-order valence-electron chi connectivity index (χ2n) is 7.14. The summed E-state index contributed by atoms with van der Waals surface area (Å²) in [5.74, 6) is -0.178. The molecule has 7 heteroatoms. The zero-order valence-electron chi connectivity index (χ0n) is 14.9. The maximum absolute atomic E-state index is 12.5. The lowest BCUT2D eigenvalue weighted by atomic mass is 10.0. The zero-order valence-corrected chi connectivity index (χ0v) is 14.9. The van der Waals surface area contributed by atoms with Gasteiger partial charge in [0.2, 0.25) is 5.91 Å². The van der Waals surface area contributed by atoms with Gasteiger partial charge in [0.25, 0.3) is 5.91 Å². The summed E-state index contributed by atoms with van der Waals surface area (Å²) in [4.78, 5) is 32.1. The summed E-state index contributed by atoms with van der Waals surface area (Å²) in [7, 11) is 3.44. The molecule has 0 aromatic carbocycles. The number of nitrogens with zero attached hydrogens (tertiary/aromatic N) is 3. The van der Waals surface area contributed by atoms with Gasteiger partial charge in [-0.15, -0.1) is 0 Å². The van der Waals surface area contributed by atoms with Gasteiger partial charge < -0.3 is 15.3 Å². The normalized spacial score (nSPS) is 23.2. The molecule has 2 N–H and O–H groups in total. The number of piperidine rings is 1. The van der Waals surface area contributed by atoms with E-state index in [2.05, 4.69) is 10.3 Å². The van der Waals surface area contributed by atoms with E-state index in [-0.39, 0.29) is 17.9 Å². The van der Waals surface area contributed by atoms with Crippen LogP contribution in [0.2, 0.25) is 0 Å². The average molecular weight is 346 g/mol. The number of aromatic nitrogens is 1. The summed E-state index contributed by atoms with van der Waals surface area (Å²) < 4.78 is 0. The van der Waals surface area contributed by atoms with Crippen LogP contribution in [0.1, 0.15) is 34.5 Å². The number of nitrogens with one attached hydrogen (secondary N) is 1. The third kappa shape index (κ3) is 4.16. The fraction of sp³-hybridized carbons (Fsp3) is 0.611. The van der Waals surface area contributed by atoms with Gasteiger partial charge in [-0.05, 0) is 37.3 Å². The molecule has 3 rings (SSSR count). The van der Waals surface area contributed by atoms with E-state index >= 15 is 0 Å². The molecule has 0 radical (unpaired) electrons. The Morgan fingerprint density at radius 3 is 2.92 bits per heavy atom. The van der Waals surface area contributed by atoms with Crippen LogP contribution in [0.3, 0.4) is 0 Å². The molecule has 7 nitrogen and oxygen atoms in total. The molecule has 1 aliphatic heterocycles. The number of hydrogen-bond donors (Lipinski definition) is 2. The standard InChI is InChI=1S/C18H26N4O3/c1-21(2)17(24)11-22-7-6-15(16(23)10-22)20-18(25)13-8-12-4-3-5-14(12)19-9-13/h8-9,15-16,23H,3-7,10-11H2,1-2H3,(H,20,25)/t15-,16-/m1/s1. The third-order valence-corrected chi connectivity index (χ3v) is 5.02. The fourth-order valence-corrected chi connectivity index (χ4v) is 3.44. The number of β-amino-alcohol motifs (C(OH)–C–C–N with tert-alkyl or cyclic N) is 1. The highest BCUT2D eigenvalue weighted by atomic mass is 16.3. The van der Waals surface area contributed by atoms with Crippen molar-refractivity contribution in [2.75, 3.05) is 33.7 Å². The number of aryl methyl sites for hydroxylation is 2. The lowest BCUT2D eigenvalue weighted by molar-refractivity contribution is -0.130. The monoisotopic (exact) mass is 346 g/mol. The smallest absolute Gasteiger partial charge is 0.253 e. The summed E-state index contributed by atoms with van der Waals surface area (Å²) in [5, 5.41) is 13.3. The van der Waals surface area contributed by atoms with E-state index in [4.69, 9.17) is 0 Å². The highest BCUT2D eigenvalue weighted by Gasteiger charge is 2.30. The van der Waals surface area contributed by atoms with Crippen molar-refractivity contribution < 1.29 is 14.7 Å². The van der Waals surface area contributed by atoms with Crippen LogP contribution < -0.4 is 5.32 Å². The van der Waals surface area contributed by atoms with Crippen LogP contribution in [0, 0.1) is 0 Å². The lowest BCUT2D eigenvalue weighted by Crippen LogP contribution is -2.55. The van der Waals surface area contributed by atoms with Crippen molar-refractivity contribution in [2.24, 2.45) is 0 Å². The zero-order chi connectivity index (χ0) is 18.0. The van der Waals surface area contributed by atoms with Crippen LogP contribution in [-0.4, -0.2) is 77.6 Å². The molecule has 1 fully saturated rings. The van der Waals surface area contributed by atoms with Crippen LogP contribution in [0.5, 0.6) is 0 Å². The molecule has 1 aliphatic carbocycles. The fourth-order valence-electron chi connectivity index (χ4n) is 3.44. The van der Waals surface area contributed by atoms with Crippen LogP contribution in [0.4, 0.5) is 0 Å². The summed E-state index contributed by atoms with van der Waals surface area (Å²) in [6, 6.07) is 1.62. The molecular formula is C18H26N4O3. The van der Waals surface area contributed by atoms with Crippen molar-refractivity contribution in [1.29, 1.82) is 0 Å². The van der Waals surface area contributed by atoms with E-state index in [0.717, 1.165) is 30.5 Å². The molecule has 0 saturated carbocycles. The van der Waals surface area contributed by atoms with E-state index in [1.54, 1.807) is 25.2 Å². The topological polar surface area (TPSA) is 85.8 Å². The maximum Gasteiger partial charge on any atom is 0.253 e. The number of aliphatic hydroxyl groups is 1. The number of fused-ring (bicyclic) bond motifs is 1. The summed E-state index contributed by atoms with van der Waals surface area (Å²) in [5.41, 5.74) is 2.80. The Kier molecular flexibility index (Phi) is 5.34. The molecule has 2 heterocycles. The number of pyridine rings is 1. The van der Waals surface area contributed by atoms with Crippen molar-refractivity contribution in [2.45, 2.75) is 37.8 Å².